The second-order valence-electron chi connectivity index (χ2n) is 10.8. The summed E-state index contributed by atoms with van der Waals surface area (Å²) in [6.07, 6.45) is 17.9. The Labute approximate surface area is 173 Å². The molecule has 0 saturated heterocycles. The lowest BCUT2D eigenvalue weighted by Crippen LogP contribution is -2.55. The van der Waals surface area contributed by atoms with Gasteiger partial charge in [-0.2, -0.15) is 0 Å². The summed E-state index contributed by atoms with van der Waals surface area (Å²) in [6, 6.07) is 0. The number of fused-ring (bicyclic) bond motifs is 3. The zero-order valence-electron chi connectivity index (χ0n) is 18.9. The molecule has 28 heavy (non-hydrogen) atoms. The number of allylic oxidation sites excluding steroid dienone is 3. The maximum absolute atomic E-state index is 13.3. The first-order valence-corrected chi connectivity index (χ1v) is 11.9. The van der Waals surface area contributed by atoms with Crippen LogP contribution in [0.4, 0.5) is 0 Å². The van der Waals surface area contributed by atoms with Crippen molar-refractivity contribution in [3.8, 4) is 0 Å². The highest BCUT2D eigenvalue weighted by Gasteiger charge is 2.57. The maximum atomic E-state index is 13.3. The maximum Gasteiger partial charge on any atom is 0.226 e. The predicted octanol–water partition coefficient (Wildman–Crippen LogP) is 6.82. The fraction of sp³-hybridized carbons (Fsp3) is 0.808. The average Bonchev–Trinajstić information content (AvgIpc) is 2.67. The third kappa shape index (κ3) is 3.85. The highest BCUT2D eigenvalue weighted by atomic mass is 16.2. The molecule has 1 N–H and O–H groups in total. The number of rotatable bonds is 7. The van der Waals surface area contributed by atoms with Crippen LogP contribution in [-0.4, -0.2) is 12.5 Å². The highest BCUT2D eigenvalue weighted by molar-refractivity contribution is 5.83. The first kappa shape index (κ1) is 21.7. The van der Waals surface area contributed by atoms with Crippen molar-refractivity contribution in [2.75, 3.05) is 6.54 Å². The molecule has 0 aromatic heterocycles. The first-order valence-electron chi connectivity index (χ1n) is 11.9. The van der Waals surface area contributed by atoms with Crippen molar-refractivity contribution in [2.24, 2.45) is 28.1 Å². The lowest BCUT2D eigenvalue weighted by molar-refractivity contribution is -0.142. The summed E-state index contributed by atoms with van der Waals surface area (Å²) in [5, 5.41) is 3.32. The Morgan fingerprint density at radius 2 is 2.00 bits per heavy atom. The Morgan fingerprint density at radius 1 is 1.21 bits per heavy atom. The molecule has 2 fully saturated rings. The Kier molecular flexibility index (Phi) is 6.47. The van der Waals surface area contributed by atoms with Crippen LogP contribution < -0.4 is 5.32 Å². The summed E-state index contributed by atoms with van der Waals surface area (Å²) < 4.78 is 0. The lowest BCUT2D eigenvalue weighted by Gasteiger charge is -2.58. The van der Waals surface area contributed by atoms with Crippen LogP contribution in [0.2, 0.25) is 0 Å². The molecule has 3 rings (SSSR count). The van der Waals surface area contributed by atoms with Crippen molar-refractivity contribution in [3.63, 3.8) is 0 Å². The van der Waals surface area contributed by atoms with Crippen LogP contribution in [-0.2, 0) is 4.79 Å². The molecule has 0 aromatic rings. The van der Waals surface area contributed by atoms with E-state index in [1.54, 1.807) is 5.57 Å². The monoisotopic (exact) mass is 385 g/mol. The summed E-state index contributed by atoms with van der Waals surface area (Å²) in [5.41, 5.74) is 1.94. The first-order chi connectivity index (χ1) is 13.3. The second kappa shape index (κ2) is 8.36. The van der Waals surface area contributed by atoms with E-state index in [0.29, 0.717) is 17.7 Å². The standard InChI is InChI=1S/C26H43NO/c1-6-8-9-10-18-27-23(28)26(5)16-11-15-25(4)21-14-17-24(3,7-2)19-20(21)12-13-22(25)26/h7,14,20,22H,2,6,8-13,15-19H2,1,3-5H3,(H,27,28)/t20?,22?,24-,25-,26+/m1/s1. The van der Waals surface area contributed by atoms with Gasteiger partial charge in [0.05, 0.1) is 0 Å². The molecule has 2 unspecified atom stereocenters. The number of hydrogen-bond acceptors (Lipinski definition) is 1. The van der Waals surface area contributed by atoms with E-state index in [0.717, 1.165) is 25.8 Å². The minimum Gasteiger partial charge on any atom is -0.356 e. The summed E-state index contributed by atoms with van der Waals surface area (Å²) in [6.45, 7) is 14.3. The molecule has 2 heteroatoms. The van der Waals surface area contributed by atoms with Gasteiger partial charge in [0.1, 0.15) is 0 Å². The topological polar surface area (TPSA) is 29.1 Å². The van der Waals surface area contributed by atoms with Gasteiger partial charge in [0.15, 0.2) is 0 Å². The van der Waals surface area contributed by atoms with E-state index in [-0.39, 0.29) is 16.2 Å². The smallest absolute Gasteiger partial charge is 0.226 e. The van der Waals surface area contributed by atoms with Crippen LogP contribution in [0.25, 0.3) is 0 Å². The van der Waals surface area contributed by atoms with Crippen molar-refractivity contribution in [2.45, 2.75) is 98.3 Å². The van der Waals surface area contributed by atoms with Gasteiger partial charge in [-0.1, -0.05) is 71.1 Å². The number of carbonyl (C=O) groups is 1. The van der Waals surface area contributed by atoms with Crippen LogP contribution in [0.5, 0.6) is 0 Å². The lowest BCUT2D eigenvalue weighted by atomic mass is 9.46. The summed E-state index contributed by atoms with van der Waals surface area (Å²) in [4.78, 5) is 13.3. The zero-order valence-corrected chi connectivity index (χ0v) is 18.9. The fourth-order valence-electron chi connectivity index (χ4n) is 6.84. The van der Waals surface area contributed by atoms with E-state index in [1.165, 1.54) is 51.4 Å². The van der Waals surface area contributed by atoms with Gasteiger partial charge in [0.2, 0.25) is 5.91 Å². The quantitative estimate of drug-likeness (QED) is 0.378. The second-order valence-corrected chi connectivity index (χ2v) is 10.8. The normalized spacial score (nSPS) is 40.1. The molecule has 0 aliphatic heterocycles. The molecule has 0 radical (unpaired) electrons. The molecule has 158 valence electrons. The van der Waals surface area contributed by atoms with Crippen molar-refractivity contribution >= 4 is 5.91 Å². The minimum absolute atomic E-state index is 0.206. The molecular formula is C26H43NO. The van der Waals surface area contributed by atoms with Gasteiger partial charge in [0.25, 0.3) is 0 Å². The van der Waals surface area contributed by atoms with Crippen LogP contribution in [0.15, 0.2) is 24.3 Å². The van der Waals surface area contributed by atoms with Crippen LogP contribution in [0.1, 0.15) is 98.3 Å². The molecule has 0 heterocycles. The van der Waals surface area contributed by atoms with Gasteiger partial charge in [0, 0.05) is 12.0 Å². The molecule has 0 spiro atoms. The number of carbonyl (C=O) groups excluding carboxylic acids is 1. The highest BCUT2D eigenvalue weighted by Crippen LogP contribution is 2.63. The Bertz CT molecular complexity index is 622. The molecule has 5 atom stereocenters. The minimum atomic E-state index is -0.206. The molecular weight excluding hydrogens is 342 g/mol. The molecule has 0 aromatic carbocycles. The van der Waals surface area contributed by atoms with Gasteiger partial charge in [-0.3, -0.25) is 4.79 Å². The summed E-state index contributed by atoms with van der Waals surface area (Å²) in [7, 11) is 0. The van der Waals surface area contributed by atoms with E-state index >= 15 is 0 Å². The SMILES string of the molecule is C=C[C@]1(C)CC=C2C(CCC3[C@@](C)(C(=O)NCCCCCC)CCC[C@]23C)C1. The van der Waals surface area contributed by atoms with Crippen molar-refractivity contribution in [1.29, 1.82) is 0 Å². The average molecular weight is 386 g/mol. The third-order valence-electron chi connectivity index (χ3n) is 8.66. The van der Waals surface area contributed by atoms with E-state index in [1.807, 2.05) is 0 Å². The fourth-order valence-corrected chi connectivity index (χ4v) is 6.84. The number of unbranched alkanes of at least 4 members (excludes halogenated alkanes) is 3. The molecule has 3 aliphatic carbocycles. The number of nitrogens with one attached hydrogen (secondary N) is 1. The zero-order chi connectivity index (χ0) is 20.4. The Morgan fingerprint density at radius 3 is 2.71 bits per heavy atom. The van der Waals surface area contributed by atoms with Crippen LogP contribution in [0.3, 0.4) is 0 Å². The molecule has 2 saturated carbocycles. The predicted molar refractivity (Wildman–Crippen MR) is 119 cm³/mol. The van der Waals surface area contributed by atoms with Gasteiger partial charge < -0.3 is 5.32 Å². The molecule has 1 amide bonds. The van der Waals surface area contributed by atoms with E-state index in [2.05, 4.69) is 51.7 Å². The Balaban J connectivity index is 1.75. The van der Waals surface area contributed by atoms with E-state index in [9.17, 15) is 4.79 Å². The van der Waals surface area contributed by atoms with Crippen molar-refractivity contribution in [3.05, 3.63) is 24.3 Å². The molecule has 3 aliphatic rings. The number of hydrogen-bond donors (Lipinski definition) is 1. The largest absolute Gasteiger partial charge is 0.356 e. The molecule has 2 nitrogen and oxygen atoms in total. The summed E-state index contributed by atoms with van der Waals surface area (Å²) >= 11 is 0. The third-order valence-corrected chi connectivity index (χ3v) is 8.66. The van der Waals surface area contributed by atoms with Gasteiger partial charge in [-0.05, 0) is 67.6 Å². The number of amides is 1. The van der Waals surface area contributed by atoms with E-state index < -0.39 is 0 Å². The van der Waals surface area contributed by atoms with Gasteiger partial charge in [-0.25, -0.2) is 0 Å². The van der Waals surface area contributed by atoms with Crippen LogP contribution in [0, 0.1) is 28.1 Å². The van der Waals surface area contributed by atoms with Crippen LogP contribution >= 0.6 is 0 Å². The van der Waals surface area contributed by atoms with Gasteiger partial charge in [-0.15, -0.1) is 6.58 Å². The summed E-state index contributed by atoms with van der Waals surface area (Å²) in [5.74, 6) is 1.50. The van der Waals surface area contributed by atoms with E-state index in [4.69, 9.17) is 0 Å². The molecule has 0 bridgehead atoms. The van der Waals surface area contributed by atoms with Crippen molar-refractivity contribution in [1.82, 2.24) is 5.32 Å². The Hall–Kier alpha value is -1.05. The van der Waals surface area contributed by atoms with Gasteiger partial charge >= 0.3 is 0 Å². The van der Waals surface area contributed by atoms with Crippen molar-refractivity contribution < 1.29 is 4.79 Å².